The number of aromatic nitrogens is 1. The third kappa shape index (κ3) is 4.96. The molecule has 6 nitrogen and oxygen atoms in total. The van der Waals surface area contributed by atoms with Crippen LogP contribution >= 0.6 is 0 Å². The van der Waals surface area contributed by atoms with Gasteiger partial charge >= 0.3 is 0 Å². The summed E-state index contributed by atoms with van der Waals surface area (Å²) in [6.45, 7) is 8.96. The van der Waals surface area contributed by atoms with Crippen LogP contribution in [-0.4, -0.2) is 84.0 Å². The van der Waals surface area contributed by atoms with Gasteiger partial charge in [0.05, 0.1) is 12.7 Å². The predicted octanol–water partition coefficient (Wildman–Crippen LogP) is 2.08. The molecule has 30 heavy (non-hydrogen) atoms. The van der Waals surface area contributed by atoms with Crippen LogP contribution in [0.3, 0.4) is 0 Å². The maximum absolute atomic E-state index is 13.9. The van der Waals surface area contributed by atoms with Gasteiger partial charge in [0, 0.05) is 75.8 Å². The van der Waals surface area contributed by atoms with Gasteiger partial charge in [-0.25, -0.2) is 4.39 Å². The van der Waals surface area contributed by atoms with Crippen LogP contribution in [0.2, 0.25) is 0 Å². The fraction of sp³-hybridized carbons (Fsp3) is 0.478. The summed E-state index contributed by atoms with van der Waals surface area (Å²) in [6.07, 6.45) is 2.90. The van der Waals surface area contributed by atoms with Gasteiger partial charge in [0.1, 0.15) is 5.82 Å². The zero-order valence-electron chi connectivity index (χ0n) is 17.6. The van der Waals surface area contributed by atoms with Crippen LogP contribution in [0.1, 0.15) is 12.5 Å². The van der Waals surface area contributed by atoms with E-state index in [1.54, 1.807) is 12.3 Å². The molecule has 0 radical (unpaired) electrons. The van der Waals surface area contributed by atoms with Crippen molar-refractivity contribution < 1.29 is 9.18 Å². The Hall–Kier alpha value is -2.51. The highest BCUT2D eigenvalue weighted by atomic mass is 19.1. The van der Waals surface area contributed by atoms with E-state index in [-0.39, 0.29) is 17.8 Å². The van der Waals surface area contributed by atoms with E-state index in [1.807, 2.05) is 11.0 Å². The van der Waals surface area contributed by atoms with Crippen molar-refractivity contribution in [1.82, 2.24) is 19.7 Å². The Labute approximate surface area is 177 Å². The lowest BCUT2D eigenvalue weighted by atomic mass is 10.1. The lowest BCUT2D eigenvalue weighted by Crippen LogP contribution is -2.55. The van der Waals surface area contributed by atoms with Gasteiger partial charge in [-0.15, -0.1) is 0 Å². The predicted molar refractivity (Wildman–Crippen MR) is 116 cm³/mol. The third-order valence-corrected chi connectivity index (χ3v) is 6.19. The van der Waals surface area contributed by atoms with E-state index in [4.69, 9.17) is 0 Å². The first-order valence-corrected chi connectivity index (χ1v) is 10.7. The van der Waals surface area contributed by atoms with Gasteiger partial charge in [-0.05, 0) is 25.1 Å². The second kappa shape index (κ2) is 9.53. The van der Waals surface area contributed by atoms with Crippen molar-refractivity contribution >= 4 is 11.6 Å². The minimum atomic E-state index is -0.253. The van der Waals surface area contributed by atoms with E-state index in [0.29, 0.717) is 18.7 Å². The van der Waals surface area contributed by atoms with E-state index in [9.17, 15) is 9.18 Å². The van der Waals surface area contributed by atoms with Crippen molar-refractivity contribution in [3.05, 3.63) is 60.2 Å². The molecular formula is C23H30FN5O. The molecular weight excluding hydrogens is 381 g/mol. The van der Waals surface area contributed by atoms with Crippen LogP contribution in [-0.2, 0) is 11.3 Å². The van der Waals surface area contributed by atoms with Crippen LogP contribution in [0.25, 0.3) is 0 Å². The van der Waals surface area contributed by atoms with Gasteiger partial charge in [0.25, 0.3) is 0 Å². The maximum atomic E-state index is 13.9. The Morgan fingerprint density at radius 3 is 2.53 bits per heavy atom. The van der Waals surface area contributed by atoms with E-state index in [2.05, 4.69) is 50.9 Å². The van der Waals surface area contributed by atoms with Crippen molar-refractivity contribution in [2.75, 3.05) is 57.3 Å². The van der Waals surface area contributed by atoms with Crippen LogP contribution < -0.4 is 4.90 Å². The number of hydrogen-bond donors (Lipinski definition) is 0. The average molecular weight is 412 g/mol. The number of anilines is 1. The molecule has 2 aliphatic heterocycles. The quantitative estimate of drug-likeness (QED) is 0.754. The Morgan fingerprint density at radius 1 is 1.07 bits per heavy atom. The molecule has 1 amide bonds. The first kappa shape index (κ1) is 20.8. The summed E-state index contributed by atoms with van der Waals surface area (Å²) in [5.74, 6) is -0.0412. The lowest BCUT2D eigenvalue weighted by Gasteiger charge is -2.41. The van der Waals surface area contributed by atoms with Crippen molar-refractivity contribution in [2.45, 2.75) is 19.5 Å². The van der Waals surface area contributed by atoms with E-state index in [0.717, 1.165) is 45.8 Å². The van der Waals surface area contributed by atoms with Crippen LogP contribution in [0.15, 0.2) is 48.8 Å². The largest absolute Gasteiger partial charge is 0.368 e. The first-order chi connectivity index (χ1) is 14.6. The number of para-hydroxylation sites is 1. The number of carbonyl (C=O) groups is 1. The number of rotatable bonds is 5. The molecule has 2 aliphatic rings. The number of carbonyl (C=O) groups excluding carboxylic acids is 1. The molecule has 160 valence electrons. The Morgan fingerprint density at radius 2 is 1.83 bits per heavy atom. The fourth-order valence-corrected chi connectivity index (χ4v) is 4.34. The zero-order valence-corrected chi connectivity index (χ0v) is 17.6. The molecule has 0 bridgehead atoms. The summed E-state index contributed by atoms with van der Waals surface area (Å²) < 4.78 is 13.9. The second-order valence-electron chi connectivity index (χ2n) is 8.23. The number of hydrogen-bond acceptors (Lipinski definition) is 5. The molecule has 0 aliphatic carbocycles. The molecule has 2 aromatic rings. The number of nitrogens with zero attached hydrogens (tertiary/aromatic N) is 5. The summed E-state index contributed by atoms with van der Waals surface area (Å²) in [4.78, 5) is 25.5. The summed E-state index contributed by atoms with van der Waals surface area (Å²) in [5, 5.41) is 0. The van der Waals surface area contributed by atoms with E-state index in [1.165, 1.54) is 11.9 Å². The maximum Gasteiger partial charge on any atom is 0.236 e. The standard InChI is InChI=1S/C23H30FN5O/c1-19-16-26(9-10-29(19)17-20-7-8-25-15-22(20)24)18-23(30)28-13-11-27(12-14-28)21-5-3-2-4-6-21/h2-8,15,19H,9-14,16-18H2,1H3. The minimum absolute atomic E-state index is 0.212. The monoisotopic (exact) mass is 411 g/mol. The van der Waals surface area contributed by atoms with Crippen molar-refractivity contribution in [3.63, 3.8) is 0 Å². The average Bonchev–Trinajstić information content (AvgIpc) is 2.78. The van der Waals surface area contributed by atoms with Crippen molar-refractivity contribution in [2.24, 2.45) is 0 Å². The first-order valence-electron chi connectivity index (χ1n) is 10.7. The number of amides is 1. The highest BCUT2D eigenvalue weighted by molar-refractivity contribution is 5.78. The smallest absolute Gasteiger partial charge is 0.236 e. The third-order valence-electron chi connectivity index (χ3n) is 6.19. The van der Waals surface area contributed by atoms with Crippen LogP contribution in [0.4, 0.5) is 10.1 Å². The van der Waals surface area contributed by atoms with Gasteiger partial charge in [-0.1, -0.05) is 18.2 Å². The Bertz CT molecular complexity index is 840. The summed E-state index contributed by atoms with van der Waals surface area (Å²) >= 11 is 0. The molecule has 0 saturated carbocycles. The molecule has 0 spiro atoms. The number of piperazine rings is 2. The molecule has 1 unspecified atom stereocenters. The number of pyridine rings is 1. The molecule has 1 atom stereocenters. The highest BCUT2D eigenvalue weighted by Gasteiger charge is 2.28. The Kier molecular flexibility index (Phi) is 6.59. The number of benzene rings is 1. The molecule has 1 aromatic heterocycles. The molecule has 7 heteroatoms. The van der Waals surface area contributed by atoms with Crippen LogP contribution in [0, 0.1) is 5.82 Å². The van der Waals surface area contributed by atoms with Crippen LogP contribution in [0.5, 0.6) is 0 Å². The topological polar surface area (TPSA) is 42.9 Å². The van der Waals surface area contributed by atoms with Gasteiger partial charge in [-0.3, -0.25) is 19.6 Å². The zero-order chi connectivity index (χ0) is 20.9. The van der Waals surface area contributed by atoms with Gasteiger partial charge in [0.15, 0.2) is 0 Å². The summed E-state index contributed by atoms with van der Waals surface area (Å²) in [7, 11) is 0. The molecule has 0 N–H and O–H groups in total. The molecule has 2 fully saturated rings. The van der Waals surface area contributed by atoms with Gasteiger partial charge in [-0.2, -0.15) is 0 Å². The molecule has 1 aromatic carbocycles. The Balaban J connectivity index is 1.24. The molecule has 2 saturated heterocycles. The van der Waals surface area contributed by atoms with Crippen molar-refractivity contribution in [1.29, 1.82) is 0 Å². The SMILES string of the molecule is CC1CN(CC(=O)N2CCN(c3ccccc3)CC2)CCN1Cc1ccncc1F. The normalized spacial score (nSPS) is 21.1. The molecule has 4 rings (SSSR count). The van der Waals surface area contributed by atoms with Crippen molar-refractivity contribution in [3.8, 4) is 0 Å². The van der Waals surface area contributed by atoms with Gasteiger partial charge < -0.3 is 9.80 Å². The molecule has 3 heterocycles. The second-order valence-corrected chi connectivity index (χ2v) is 8.23. The lowest BCUT2D eigenvalue weighted by molar-refractivity contribution is -0.133. The van der Waals surface area contributed by atoms with E-state index >= 15 is 0 Å². The minimum Gasteiger partial charge on any atom is -0.368 e. The van der Waals surface area contributed by atoms with Gasteiger partial charge in [0.2, 0.25) is 5.91 Å². The van der Waals surface area contributed by atoms with E-state index < -0.39 is 0 Å². The highest BCUT2D eigenvalue weighted by Crippen LogP contribution is 2.17. The number of halogens is 1. The summed E-state index contributed by atoms with van der Waals surface area (Å²) in [5.41, 5.74) is 1.90. The summed E-state index contributed by atoms with van der Waals surface area (Å²) in [6, 6.07) is 12.4. The fourth-order valence-electron chi connectivity index (χ4n) is 4.34.